The summed E-state index contributed by atoms with van der Waals surface area (Å²) < 4.78 is 0. The number of hydrogen-bond donors (Lipinski definition) is 2. The molecule has 17 heavy (non-hydrogen) atoms. The molecule has 0 radical (unpaired) electrons. The van der Waals surface area contributed by atoms with Crippen LogP contribution in [0.1, 0.15) is 26.2 Å². The second-order valence-electron chi connectivity index (χ2n) is 4.77. The Bertz CT molecular complexity index is 283. The van der Waals surface area contributed by atoms with Crippen molar-refractivity contribution in [2.45, 2.75) is 26.2 Å². The Morgan fingerprint density at radius 3 is 2.59 bits per heavy atom. The van der Waals surface area contributed by atoms with Crippen LogP contribution in [0.5, 0.6) is 0 Å². The van der Waals surface area contributed by atoms with Crippen LogP contribution in [0.2, 0.25) is 0 Å². The van der Waals surface area contributed by atoms with Gasteiger partial charge < -0.3 is 10.4 Å². The number of nitrogens with one attached hydrogen (secondary N) is 1. The molecule has 0 bridgehead atoms. The largest absolute Gasteiger partial charge is 0.481 e. The minimum atomic E-state index is -0.835. The Balaban J connectivity index is 2.41. The van der Waals surface area contributed by atoms with Crippen LogP contribution in [0.4, 0.5) is 0 Å². The molecule has 0 aromatic heterocycles. The summed E-state index contributed by atoms with van der Waals surface area (Å²) in [6.45, 7) is 2.66. The van der Waals surface area contributed by atoms with Crippen molar-refractivity contribution in [3.63, 3.8) is 0 Å². The van der Waals surface area contributed by atoms with Crippen LogP contribution in [0, 0.1) is 17.8 Å². The molecule has 5 heteroatoms. The Morgan fingerprint density at radius 1 is 1.35 bits per heavy atom. The molecule has 0 aromatic rings. The first-order valence-electron chi connectivity index (χ1n) is 6.05. The molecule has 3 unspecified atom stereocenters. The molecule has 2 N–H and O–H groups in total. The zero-order valence-electron chi connectivity index (χ0n) is 10.4. The second-order valence-corrected chi connectivity index (χ2v) is 5.75. The van der Waals surface area contributed by atoms with Gasteiger partial charge in [0.15, 0.2) is 0 Å². The van der Waals surface area contributed by atoms with Crippen molar-refractivity contribution in [1.82, 2.24) is 5.32 Å². The highest BCUT2D eigenvalue weighted by Gasteiger charge is 2.40. The quantitative estimate of drug-likeness (QED) is 0.711. The molecule has 0 aliphatic heterocycles. The maximum atomic E-state index is 11.9. The van der Waals surface area contributed by atoms with Gasteiger partial charge in [0.2, 0.25) is 5.91 Å². The average molecular weight is 259 g/mol. The van der Waals surface area contributed by atoms with E-state index in [0.29, 0.717) is 25.3 Å². The molecule has 4 nitrogen and oxygen atoms in total. The Morgan fingerprint density at radius 2 is 2.00 bits per heavy atom. The van der Waals surface area contributed by atoms with E-state index in [2.05, 4.69) is 5.32 Å². The van der Waals surface area contributed by atoms with Crippen molar-refractivity contribution in [2.24, 2.45) is 17.8 Å². The van der Waals surface area contributed by atoms with Crippen LogP contribution in [0.25, 0.3) is 0 Å². The minimum absolute atomic E-state index is 0.0807. The number of aliphatic carboxylic acids is 1. The third kappa shape index (κ3) is 4.22. The first-order chi connectivity index (χ1) is 8.06. The van der Waals surface area contributed by atoms with Gasteiger partial charge in [-0.25, -0.2) is 0 Å². The van der Waals surface area contributed by atoms with E-state index in [-0.39, 0.29) is 11.8 Å². The van der Waals surface area contributed by atoms with Crippen molar-refractivity contribution in [2.75, 3.05) is 18.6 Å². The number of amides is 1. The lowest BCUT2D eigenvalue weighted by molar-refractivity contribution is -0.146. The lowest BCUT2D eigenvalue weighted by Gasteiger charge is -2.15. The van der Waals surface area contributed by atoms with E-state index in [9.17, 15) is 9.59 Å². The highest BCUT2D eigenvalue weighted by atomic mass is 32.2. The summed E-state index contributed by atoms with van der Waals surface area (Å²) in [5.74, 6) is -0.397. The summed E-state index contributed by atoms with van der Waals surface area (Å²) in [6.07, 6.45) is 4.29. The number of hydrogen-bond acceptors (Lipinski definition) is 3. The Labute approximate surface area is 107 Å². The van der Waals surface area contributed by atoms with Gasteiger partial charge in [0.05, 0.1) is 11.8 Å². The summed E-state index contributed by atoms with van der Waals surface area (Å²) in [5.41, 5.74) is 0. The van der Waals surface area contributed by atoms with Crippen molar-refractivity contribution in [1.29, 1.82) is 0 Å². The number of thioether (sulfide) groups is 1. The molecule has 1 amide bonds. The van der Waals surface area contributed by atoms with Crippen LogP contribution in [0.3, 0.4) is 0 Å². The molecule has 1 saturated carbocycles. The van der Waals surface area contributed by atoms with Crippen LogP contribution >= 0.6 is 11.8 Å². The van der Waals surface area contributed by atoms with E-state index < -0.39 is 11.9 Å². The predicted octanol–water partition coefficient (Wildman–Crippen LogP) is 1.60. The zero-order chi connectivity index (χ0) is 12.8. The van der Waals surface area contributed by atoms with Gasteiger partial charge in [0, 0.05) is 6.54 Å². The van der Waals surface area contributed by atoms with E-state index in [1.165, 1.54) is 0 Å². The molecule has 0 aromatic carbocycles. The number of carboxylic acids is 1. The van der Waals surface area contributed by atoms with E-state index in [4.69, 9.17) is 5.11 Å². The third-order valence-electron chi connectivity index (χ3n) is 3.28. The summed E-state index contributed by atoms with van der Waals surface area (Å²) in [5, 5.41) is 11.9. The molecule has 1 aliphatic rings. The topological polar surface area (TPSA) is 66.4 Å². The summed E-state index contributed by atoms with van der Waals surface area (Å²) in [6, 6.07) is 0. The summed E-state index contributed by atoms with van der Waals surface area (Å²) >= 11 is 1.75. The van der Waals surface area contributed by atoms with Crippen molar-refractivity contribution in [3.05, 3.63) is 0 Å². The highest BCUT2D eigenvalue weighted by Crippen LogP contribution is 2.36. The smallest absolute Gasteiger partial charge is 0.307 e. The minimum Gasteiger partial charge on any atom is -0.481 e. The molecule has 0 heterocycles. The van der Waals surface area contributed by atoms with Crippen LogP contribution in [0.15, 0.2) is 0 Å². The monoisotopic (exact) mass is 259 g/mol. The van der Waals surface area contributed by atoms with Gasteiger partial charge in [-0.15, -0.1) is 0 Å². The molecular weight excluding hydrogens is 238 g/mol. The third-order valence-corrected chi connectivity index (χ3v) is 3.97. The normalized spacial score (nSPS) is 28.0. The molecule has 0 spiro atoms. The number of carboxylic acid groups (broad SMARTS) is 1. The van der Waals surface area contributed by atoms with E-state index in [0.717, 1.165) is 12.2 Å². The summed E-state index contributed by atoms with van der Waals surface area (Å²) in [7, 11) is 0. The predicted molar refractivity (Wildman–Crippen MR) is 69.0 cm³/mol. The van der Waals surface area contributed by atoms with E-state index in [1.54, 1.807) is 11.8 Å². The Kier molecular flexibility index (Phi) is 5.82. The summed E-state index contributed by atoms with van der Waals surface area (Å²) in [4.78, 5) is 22.9. The molecular formula is C12H21NO3S. The first-order valence-corrected chi connectivity index (χ1v) is 7.45. The van der Waals surface area contributed by atoms with Gasteiger partial charge in [0.25, 0.3) is 0 Å². The molecule has 0 saturated heterocycles. The van der Waals surface area contributed by atoms with Gasteiger partial charge in [-0.05, 0) is 37.2 Å². The fourth-order valence-electron chi connectivity index (χ4n) is 2.41. The fourth-order valence-corrected chi connectivity index (χ4v) is 2.85. The number of carbonyl (C=O) groups excluding carboxylic acids is 1. The van der Waals surface area contributed by atoms with Gasteiger partial charge in [0.1, 0.15) is 0 Å². The molecule has 1 aliphatic carbocycles. The van der Waals surface area contributed by atoms with Crippen LogP contribution in [-0.4, -0.2) is 35.5 Å². The van der Waals surface area contributed by atoms with Crippen LogP contribution in [-0.2, 0) is 9.59 Å². The van der Waals surface area contributed by atoms with Crippen LogP contribution < -0.4 is 5.32 Å². The SMILES string of the molecule is CSCCCNC(=O)C1CC(C)CC1C(=O)O. The average Bonchev–Trinajstić information content (AvgIpc) is 2.66. The molecule has 1 rings (SSSR count). The highest BCUT2D eigenvalue weighted by molar-refractivity contribution is 7.98. The van der Waals surface area contributed by atoms with Gasteiger partial charge >= 0.3 is 5.97 Å². The first kappa shape index (κ1) is 14.4. The lowest BCUT2D eigenvalue weighted by Crippen LogP contribution is -2.35. The lowest BCUT2D eigenvalue weighted by atomic mass is 9.95. The maximum Gasteiger partial charge on any atom is 0.307 e. The van der Waals surface area contributed by atoms with Crippen molar-refractivity contribution in [3.8, 4) is 0 Å². The molecule has 3 atom stereocenters. The standard InChI is InChI=1S/C12H21NO3S/c1-8-6-9(10(7-8)12(15)16)11(14)13-4-3-5-17-2/h8-10H,3-7H2,1-2H3,(H,13,14)(H,15,16). The Hall–Kier alpha value is -0.710. The van der Waals surface area contributed by atoms with E-state index in [1.807, 2.05) is 13.2 Å². The number of carbonyl (C=O) groups is 2. The van der Waals surface area contributed by atoms with Crippen molar-refractivity contribution >= 4 is 23.6 Å². The fraction of sp³-hybridized carbons (Fsp3) is 0.833. The second kappa shape index (κ2) is 6.89. The van der Waals surface area contributed by atoms with Gasteiger partial charge in [-0.1, -0.05) is 6.92 Å². The molecule has 1 fully saturated rings. The zero-order valence-corrected chi connectivity index (χ0v) is 11.3. The molecule has 98 valence electrons. The van der Waals surface area contributed by atoms with Gasteiger partial charge in [-0.2, -0.15) is 11.8 Å². The van der Waals surface area contributed by atoms with Crippen molar-refractivity contribution < 1.29 is 14.7 Å². The van der Waals surface area contributed by atoms with E-state index >= 15 is 0 Å². The number of rotatable bonds is 6. The van der Waals surface area contributed by atoms with Gasteiger partial charge in [-0.3, -0.25) is 9.59 Å². The maximum absolute atomic E-state index is 11.9.